The van der Waals surface area contributed by atoms with Gasteiger partial charge in [-0.3, -0.25) is 13.9 Å². The standard InChI is InChI=1S/C18H17FN6O3S/c1-23-10-20-14-13(23)16(26)25(18(27)24(14)2)8-5-9-29-17-22-21-15(28-17)11-6-3-4-7-12(11)19/h3-4,6-7,10H,5,8-9H2,1-2H3. The van der Waals surface area contributed by atoms with Crippen LogP contribution in [0.3, 0.4) is 0 Å². The molecule has 4 aromatic rings. The Labute approximate surface area is 167 Å². The van der Waals surface area contributed by atoms with Crippen LogP contribution >= 0.6 is 11.8 Å². The van der Waals surface area contributed by atoms with Gasteiger partial charge in [0.25, 0.3) is 16.7 Å². The van der Waals surface area contributed by atoms with Crippen LogP contribution in [0.25, 0.3) is 22.6 Å². The third-order valence-corrected chi connectivity index (χ3v) is 5.37. The minimum atomic E-state index is -0.437. The third-order valence-electron chi connectivity index (χ3n) is 4.46. The zero-order valence-corrected chi connectivity index (χ0v) is 16.5. The Kier molecular flexibility index (Phi) is 5.05. The summed E-state index contributed by atoms with van der Waals surface area (Å²) in [7, 11) is 3.30. The van der Waals surface area contributed by atoms with Crippen LogP contribution in [-0.2, 0) is 20.6 Å². The van der Waals surface area contributed by atoms with E-state index in [-0.39, 0.29) is 23.6 Å². The van der Waals surface area contributed by atoms with Crippen molar-refractivity contribution in [1.82, 2.24) is 28.9 Å². The predicted octanol–water partition coefficient (Wildman–Crippen LogP) is 1.81. The van der Waals surface area contributed by atoms with Crippen molar-refractivity contribution in [3.05, 3.63) is 57.2 Å². The molecule has 150 valence electrons. The molecule has 0 aliphatic carbocycles. The van der Waals surface area contributed by atoms with Gasteiger partial charge in [0.1, 0.15) is 5.82 Å². The number of thioether (sulfide) groups is 1. The highest BCUT2D eigenvalue weighted by atomic mass is 32.2. The zero-order valence-electron chi connectivity index (χ0n) is 15.7. The fourth-order valence-electron chi connectivity index (χ4n) is 2.99. The van der Waals surface area contributed by atoms with Crippen molar-refractivity contribution < 1.29 is 8.81 Å². The number of nitrogens with zero attached hydrogens (tertiary/aromatic N) is 6. The summed E-state index contributed by atoms with van der Waals surface area (Å²) in [5.74, 6) is 0.212. The average Bonchev–Trinajstić information content (AvgIpc) is 3.33. The van der Waals surface area contributed by atoms with Gasteiger partial charge in [0.2, 0.25) is 0 Å². The van der Waals surface area contributed by atoms with Gasteiger partial charge in [0.05, 0.1) is 11.9 Å². The second kappa shape index (κ2) is 7.66. The van der Waals surface area contributed by atoms with Gasteiger partial charge >= 0.3 is 5.69 Å². The summed E-state index contributed by atoms with van der Waals surface area (Å²) in [4.78, 5) is 29.2. The van der Waals surface area contributed by atoms with E-state index in [1.807, 2.05) is 0 Å². The lowest BCUT2D eigenvalue weighted by atomic mass is 10.2. The van der Waals surface area contributed by atoms with Gasteiger partial charge in [0, 0.05) is 26.4 Å². The first-order chi connectivity index (χ1) is 14.0. The topological polar surface area (TPSA) is 101 Å². The monoisotopic (exact) mass is 416 g/mol. The minimum Gasteiger partial charge on any atom is -0.411 e. The Morgan fingerprint density at radius 1 is 1.17 bits per heavy atom. The fraction of sp³-hybridized carbons (Fsp3) is 0.278. The van der Waals surface area contributed by atoms with Crippen LogP contribution in [0.15, 0.2) is 49.8 Å². The van der Waals surface area contributed by atoms with Crippen molar-refractivity contribution in [3.63, 3.8) is 0 Å². The van der Waals surface area contributed by atoms with E-state index in [0.717, 1.165) is 0 Å². The highest BCUT2D eigenvalue weighted by molar-refractivity contribution is 7.99. The maximum absolute atomic E-state index is 13.8. The van der Waals surface area contributed by atoms with Crippen LogP contribution in [0, 0.1) is 5.82 Å². The molecule has 29 heavy (non-hydrogen) atoms. The fourth-order valence-corrected chi connectivity index (χ4v) is 3.67. The SMILES string of the molecule is Cn1cnc2c1c(=O)n(CCCSc1nnc(-c3ccccc3F)o1)c(=O)n2C. The van der Waals surface area contributed by atoms with E-state index >= 15 is 0 Å². The van der Waals surface area contributed by atoms with Gasteiger partial charge < -0.3 is 8.98 Å². The predicted molar refractivity (Wildman–Crippen MR) is 105 cm³/mol. The molecule has 0 atom stereocenters. The lowest BCUT2D eigenvalue weighted by molar-refractivity contribution is 0.462. The Hall–Kier alpha value is -3.21. The van der Waals surface area contributed by atoms with E-state index in [1.54, 1.807) is 36.9 Å². The zero-order chi connectivity index (χ0) is 20.5. The van der Waals surface area contributed by atoms with Gasteiger partial charge in [-0.15, -0.1) is 10.2 Å². The number of imidazole rings is 1. The number of aromatic nitrogens is 6. The lowest BCUT2D eigenvalue weighted by Gasteiger charge is -2.08. The molecule has 0 aliphatic heterocycles. The molecular weight excluding hydrogens is 399 g/mol. The summed E-state index contributed by atoms with van der Waals surface area (Å²) in [6.07, 6.45) is 2.04. The molecule has 0 saturated heterocycles. The largest absolute Gasteiger partial charge is 0.411 e. The first-order valence-electron chi connectivity index (χ1n) is 8.79. The van der Waals surface area contributed by atoms with Crippen molar-refractivity contribution >= 4 is 22.9 Å². The molecule has 0 amide bonds. The number of fused-ring (bicyclic) bond motifs is 1. The summed E-state index contributed by atoms with van der Waals surface area (Å²) in [5, 5.41) is 8.07. The third kappa shape index (κ3) is 3.48. The molecule has 3 heterocycles. The average molecular weight is 416 g/mol. The first-order valence-corrected chi connectivity index (χ1v) is 9.78. The number of aryl methyl sites for hydroxylation is 2. The minimum absolute atomic E-state index is 0.109. The van der Waals surface area contributed by atoms with Gasteiger partial charge in [-0.25, -0.2) is 14.2 Å². The molecule has 4 rings (SSSR count). The number of hydrogen-bond donors (Lipinski definition) is 0. The number of rotatable bonds is 6. The molecule has 11 heteroatoms. The number of hydrogen-bond acceptors (Lipinski definition) is 7. The van der Waals surface area contributed by atoms with Crippen LogP contribution in [0.1, 0.15) is 6.42 Å². The van der Waals surface area contributed by atoms with E-state index in [0.29, 0.717) is 28.6 Å². The van der Waals surface area contributed by atoms with Crippen molar-refractivity contribution in [2.45, 2.75) is 18.2 Å². The second-order valence-electron chi connectivity index (χ2n) is 6.38. The molecule has 0 unspecified atom stereocenters. The highest BCUT2D eigenvalue weighted by Crippen LogP contribution is 2.25. The smallest absolute Gasteiger partial charge is 0.332 e. The summed E-state index contributed by atoms with van der Waals surface area (Å²) < 4.78 is 23.4. The second-order valence-corrected chi connectivity index (χ2v) is 7.43. The summed E-state index contributed by atoms with van der Waals surface area (Å²) in [6, 6.07) is 6.16. The van der Waals surface area contributed by atoms with Crippen molar-refractivity contribution in [3.8, 4) is 11.5 Å². The Bertz CT molecular complexity index is 1310. The van der Waals surface area contributed by atoms with Gasteiger partial charge in [-0.05, 0) is 18.6 Å². The van der Waals surface area contributed by atoms with Crippen molar-refractivity contribution in [1.29, 1.82) is 0 Å². The van der Waals surface area contributed by atoms with Crippen LogP contribution in [-0.4, -0.2) is 34.6 Å². The van der Waals surface area contributed by atoms with Crippen molar-refractivity contribution in [2.24, 2.45) is 14.1 Å². The molecule has 9 nitrogen and oxygen atoms in total. The lowest BCUT2D eigenvalue weighted by Crippen LogP contribution is -2.39. The Balaban J connectivity index is 1.44. The first kappa shape index (κ1) is 19.1. The molecular formula is C18H17FN6O3S. The molecule has 0 radical (unpaired) electrons. The maximum Gasteiger partial charge on any atom is 0.332 e. The van der Waals surface area contributed by atoms with E-state index in [9.17, 15) is 14.0 Å². The Morgan fingerprint density at radius 3 is 2.76 bits per heavy atom. The normalized spacial score (nSPS) is 11.4. The molecule has 3 aromatic heterocycles. The van der Waals surface area contributed by atoms with Gasteiger partial charge in [-0.1, -0.05) is 23.9 Å². The van der Waals surface area contributed by atoms with E-state index in [2.05, 4.69) is 15.2 Å². The highest BCUT2D eigenvalue weighted by Gasteiger charge is 2.15. The quantitative estimate of drug-likeness (QED) is 0.349. The van der Waals surface area contributed by atoms with Crippen LogP contribution in [0.2, 0.25) is 0 Å². The van der Waals surface area contributed by atoms with Crippen LogP contribution in [0.4, 0.5) is 4.39 Å². The van der Waals surface area contributed by atoms with Gasteiger partial charge in [0.15, 0.2) is 11.2 Å². The van der Waals surface area contributed by atoms with Crippen molar-refractivity contribution in [2.75, 3.05) is 5.75 Å². The van der Waals surface area contributed by atoms with Crippen LogP contribution in [0.5, 0.6) is 0 Å². The Morgan fingerprint density at radius 2 is 1.97 bits per heavy atom. The van der Waals surface area contributed by atoms with Gasteiger partial charge in [-0.2, -0.15) is 0 Å². The molecule has 0 spiro atoms. The summed E-state index contributed by atoms with van der Waals surface area (Å²) in [5.41, 5.74) is 0.204. The summed E-state index contributed by atoms with van der Waals surface area (Å²) >= 11 is 1.28. The van der Waals surface area contributed by atoms with Crippen LogP contribution < -0.4 is 11.2 Å². The van der Waals surface area contributed by atoms with E-state index in [4.69, 9.17) is 4.42 Å². The van der Waals surface area contributed by atoms with E-state index < -0.39 is 11.5 Å². The molecule has 0 N–H and O–H groups in total. The van der Waals surface area contributed by atoms with E-state index in [1.165, 1.54) is 33.3 Å². The number of halogens is 1. The molecule has 1 aromatic carbocycles. The molecule has 0 saturated carbocycles. The summed E-state index contributed by atoms with van der Waals surface area (Å²) in [6.45, 7) is 0.244. The molecule has 0 bridgehead atoms. The number of benzene rings is 1. The molecule has 0 aliphatic rings. The maximum atomic E-state index is 13.8. The molecule has 0 fully saturated rings.